The Balaban J connectivity index is 2.11. The summed E-state index contributed by atoms with van der Waals surface area (Å²) in [6.45, 7) is 4.11. The lowest BCUT2D eigenvalue weighted by Gasteiger charge is -2.05. The van der Waals surface area contributed by atoms with Crippen LogP contribution in [0.3, 0.4) is 0 Å². The molecule has 0 saturated heterocycles. The van der Waals surface area contributed by atoms with Gasteiger partial charge in [-0.1, -0.05) is 0 Å². The van der Waals surface area contributed by atoms with Gasteiger partial charge in [-0.25, -0.2) is 9.97 Å². The van der Waals surface area contributed by atoms with E-state index >= 15 is 0 Å². The zero-order chi connectivity index (χ0) is 11.4. The maximum atomic E-state index is 5.25. The number of aryl methyl sites for hydroxylation is 1. The van der Waals surface area contributed by atoms with E-state index in [1.165, 1.54) is 6.33 Å². The van der Waals surface area contributed by atoms with Crippen molar-refractivity contribution in [2.75, 3.05) is 25.1 Å². The predicted molar refractivity (Wildman–Crippen MR) is 61.3 cm³/mol. The molecule has 2 aromatic rings. The van der Waals surface area contributed by atoms with Gasteiger partial charge in [0.05, 0.1) is 18.2 Å². The van der Waals surface area contributed by atoms with Gasteiger partial charge in [-0.05, 0) is 6.92 Å². The molecular weight excluding hydrogens is 206 g/mol. The van der Waals surface area contributed by atoms with E-state index in [0.29, 0.717) is 6.61 Å². The lowest BCUT2D eigenvalue weighted by atomic mass is 10.4. The zero-order valence-electron chi connectivity index (χ0n) is 9.47. The molecule has 0 radical (unpaired) electrons. The van der Waals surface area contributed by atoms with Crippen molar-refractivity contribution in [2.45, 2.75) is 6.92 Å². The third-order valence-corrected chi connectivity index (χ3v) is 2.27. The standard InChI is InChI=1S/C10H15N5O/c1-3-16-5-4-11-9-8-6-14-15(2)10(8)13-7-12-9/h6-7H,3-5H2,1-2H3,(H,11,12,13). The Morgan fingerprint density at radius 1 is 1.44 bits per heavy atom. The molecule has 0 aliphatic heterocycles. The number of rotatable bonds is 5. The Kier molecular flexibility index (Phi) is 3.31. The highest BCUT2D eigenvalue weighted by Gasteiger charge is 2.06. The molecule has 1 N–H and O–H groups in total. The molecule has 0 aliphatic rings. The summed E-state index contributed by atoms with van der Waals surface area (Å²) >= 11 is 0. The maximum Gasteiger partial charge on any atom is 0.163 e. The largest absolute Gasteiger partial charge is 0.380 e. The number of aromatic nitrogens is 4. The Labute approximate surface area is 93.6 Å². The summed E-state index contributed by atoms with van der Waals surface area (Å²) in [4.78, 5) is 8.35. The van der Waals surface area contributed by atoms with Gasteiger partial charge in [0, 0.05) is 20.2 Å². The Morgan fingerprint density at radius 3 is 3.12 bits per heavy atom. The average molecular weight is 221 g/mol. The van der Waals surface area contributed by atoms with E-state index in [2.05, 4.69) is 20.4 Å². The summed E-state index contributed by atoms with van der Waals surface area (Å²) in [5, 5.41) is 8.28. The number of nitrogens with one attached hydrogen (secondary N) is 1. The fourth-order valence-corrected chi connectivity index (χ4v) is 1.49. The number of nitrogens with zero attached hydrogens (tertiary/aromatic N) is 4. The minimum Gasteiger partial charge on any atom is -0.380 e. The van der Waals surface area contributed by atoms with Gasteiger partial charge in [0.15, 0.2) is 5.65 Å². The first-order chi connectivity index (χ1) is 7.83. The van der Waals surface area contributed by atoms with Gasteiger partial charge < -0.3 is 10.1 Å². The van der Waals surface area contributed by atoms with Gasteiger partial charge in [-0.15, -0.1) is 0 Å². The third-order valence-electron chi connectivity index (χ3n) is 2.27. The van der Waals surface area contributed by atoms with E-state index in [9.17, 15) is 0 Å². The monoisotopic (exact) mass is 221 g/mol. The molecule has 2 heterocycles. The van der Waals surface area contributed by atoms with Crippen LogP contribution in [0, 0.1) is 0 Å². The number of hydrogen-bond acceptors (Lipinski definition) is 5. The summed E-state index contributed by atoms with van der Waals surface area (Å²) in [6.07, 6.45) is 3.30. The second-order valence-electron chi connectivity index (χ2n) is 3.35. The normalized spacial score (nSPS) is 10.9. The lowest BCUT2D eigenvalue weighted by Crippen LogP contribution is -2.10. The Hall–Kier alpha value is -1.69. The molecule has 0 aliphatic carbocycles. The van der Waals surface area contributed by atoms with Crippen molar-refractivity contribution >= 4 is 16.9 Å². The minimum absolute atomic E-state index is 0.669. The maximum absolute atomic E-state index is 5.25. The van der Waals surface area contributed by atoms with E-state index in [1.54, 1.807) is 10.9 Å². The van der Waals surface area contributed by atoms with E-state index in [4.69, 9.17) is 4.74 Å². The third kappa shape index (κ3) is 2.11. The SMILES string of the molecule is CCOCCNc1ncnc2c1cnn2C. The van der Waals surface area contributed by atoms with Crippen molar-refractivity contribution in [3.8, 4) is 0 Å². The summed E-state index contributed by atoms with van der Waals surface area (Å²) in [5.74, 6) is 0.804. The molecule has 0 amide bonds. The Morgan fingerprint density at radius 2 is 2.31 bits per heavy atom. The topological polar surface area (TPSA) is 64.9 Å². The summed E-state index contributed by atoms with van der Waals surface area (Å²) < 4.78 is 6.97. The molecular formula is C10H15N5O. The van der Waals surface area contributed by atoms with Crippen molar-refractivity contribution in [1.82, 2.24) is 19.7 Å². The summed E-state index contributed by atoms with van der Waals surface area (Å²) in [6, 6.07) is 0. The van der Waals surface area contributed by atoms with Crippen LogP contribution in [0.1, 0.15) is 6.92 Å². The molecule has 0 spiro atoms. The minimum atomic E-state index is 0.669. The summed E-state index contributed by atoms with van der Waals surface area (Å²) in [7, 11) is 1.86. The fraction of sp³-hybridized carbons (Fsp3) is 0.500. The van der Waals surface area contributed by atoms with Crippen molar-refractivity contribution in [2.24, 2.45) is 7.05 Å². The molecule has 2 rings (SSSR count). The number of hydrogen-bond donors (Lipinski definition) is 1. The van der Waals surface area contributed by atoms with Gasteiger partial charge in [-0.3, -0.25) is 4.68 Å². The van der Waals surface area contributed by atoms with Gasteiger partial charge in [-0.2, -0.15) is 5.10 Å². The lowest BCUT2D eigenvalue weighted by molar-refractivity contribution is 0.158. The van der Waals surface area contributed by atoms with Crippen LogP contribution < -0.4 is 5.32 Å². The first-order valence-electron chi connectivity index (χ1n) is 5.27. The van der Waals surface area contributed by atoms with E-state index in [0.717, 1.165) is 30.0 Å². The van der Waals surface area contributed by atoms with E-state index in [-0.39, 0.29) is 0 Å². The van der Waals surface area contributed by atoms with Gasteiger partial charge >= 0.3 is 0 Å². The summed E-state index contributed by atoms with van der Waals surface area (Å²) in [5.41, 5.74) is 0.828. The molecule has 2 aromatic heterocycles. The second-order valence-corrected chi connectivity index (χ2v) is 3.35. The van der Waals surface area contributed by atoms with Crippen LogP contribution in [0.15, 0.2) is 12.5 Å². The van der Waals surface area contributed by atoms with Crippen molar-refractivity contribution in [1.29, 1.82) is 0 Å². The zero-order valence-corrected chi connectivity index (χ0v) is 9.47. The van der Waals surface area contributed by atoms with Crippen LogP contribution >= 0.6 is 0 Å². The van der Waals surface area contributed by atoms with Crippen LogP contribution in [0.4, 0.5) is 5.82 Å². The highest BCUT2D eigenvalue weighted by molar-refractivity contribution is 5.85. The molecule has 0 atom stereocenters. The van der Waals surface area contributed by atoms with Gasteiger partial charge in [0.2, 0.25) is 0 Å². The highest BCUT2D eigenvalue weighted by Crippen LogP contribution is 2.16. The van der Waals surface area contributed by atoms with Crippen molar-refractivity contribution in [3.63, 3.8) is 0 Å². The predicted octanol–water partition coefficient (Wildman–Crippen LogP) is 0.812. The second kappa shape index (κ2) is 4.89. The van der Waals surface area contributed by atoms with E-state index < -0.39 is 0 Å². The number of fused-ring (bicyclic) bond motifs is 1. The van der Waals surface area contributed by atoms with E-state index in [1.807, 2.05) is 14.0 Å². The molecule has 0 fully saturated rings. The molecule has 6 nitrogen and oxygen atoms in total. The molecule has 0 aromatic carbocycles. The van der Waals surface area contributed by atoms with Gasteiger partial charge in [0.25, 0.3) is 0 Å². The van der Waals surface area contributed by atoms with Crippen molar-refractivity contribution in [3.05, 3.63) is 12.5 Å². The number of anilines is 1. The number of ether oxygens (including phenoxy) is 1. The molecule has 0 bridgehead atoms. The van der Waals surface area contributed by atoms with Crippen molar-refractivity contribution < 1.29 is 4.74 Å². The first kappa shape index (κ1) is 10.8. The quantitative estimate of drug-likeness (QED) is 0.757. The fourth-order valence-electron chi connectivity index (χ4n) is 1.49. The molecule has 0 saturated carbocycles. The van der Waals surface area contributed by atoms with Crippen LogP contribution in [-0.2, 0) is 11.8 Å². The molecule has 86 valence electrons. The Bertz CT molecular complexity index is 467. The van der Waals surface area contributed by atoms with Crippen LogP contribution in [-0.4, -0.2) is 39.5 Å². The molecule has 6 heteroatoms. The van der Waals surface area contributed by atoms with Crippen LogP contribution in [0.25, 0.3) is 11.0 Å². The van der Waals surface area contributed by atoms with Crippen LogP contribution in [0.5, 0.6) is 0 Å². The highest BCUT2D eigenvalue weighted by atomic mass is 16.5. The smallest absolute Gasteiger partial charge is 0.163 e. The first-order valence-corrected chi connectivity index (χ1v) is 5.27. The van der Waals surface area contributed by atoms with Crippen LogP contribution in [0.2, 0.25) is 0 Å². The average Bonchev–Trinajstić information content (AvgIpc) is 2.68. The molecule has 0 unspecified atom stereocenters. The molecule has 16 heavy (non-hydrogen) atoms. The van der Waals surface area contributed by atoms with Gasteiger partial charge in [0.1, 0.15) is 12.1 Å².